The van der Waals surface area contributed by atoms with Crippen molar-refractivity contribution in [1.29, 1.82) is 0 Å². The maximum absolute atomic E-state index is 14.3. The van der Waals surface area contributed by atoms with E-state index < -0.39 is 157 Å². The Morgan fingerprint density at radius 2 is 1.07 bits per heavy atom. The summed E-state index contributed by atoms with van der Waals surface area (Å²) in [6.07, 6.45) is 0.679. The highest BCUT2D eigenvalue weighted by Gasteiger charge is 2.36. The van der Waals surface area contributed by atoms with E-state index in [9.17, 15) is 72.9 Å². The van der Waals surface area contributed by atoms with Gasteiger partial charge in [-0.2, -0.15) is 12.6 Å². The van der Waals surface area contributed by atoms with Crippen LogP contribution in [0.25, 0.3) is 0 Å². The number of aliphatic hydroxyl groups is 1. The van der Waals surface area contributed by atoms with Gasteiger partial charge in [0.05, 0.1) is 25.4 Å². The second kappa shape index (κ2) is 37.9. The number of H-pyrrole nitrogens is 1. The van der Waals surface area contributed by atoms with Crippen LogP contribution in [0.15, 0.2) is 72.1 Å². The smallest absolute Gasteiger partial charge is 0.326 e. The van der Waals surface area contributed by atoms with E-state index in [1.807, 2.05) is 0 Å². The van der Waals surface area contributed by atoms with Gasteiger partial charge in [0.25, 0.3) is 0 Å². The normalized spacial score (nSPS) is 14.3. The van der Waals surface area contributed by atoms with Crippen molar-refractivity contribution in [2.45, 2.75) is 138 Å². The first-order valence-electron chi connectivity index (χ1n) is 27.7. The van der Waals surface area contributed by atoms with Crippen LogP contribution in [0.2, 0.25) is 0 Å². The zero-order valence-electron chi connectivity index (χ0n) is 48.1. The van der Waals surface area contributed by atoms with Crippen molar-refractivity contribution in [2.24, 2.45) is 33.7 Å². The number of benzene rings is 2. The molecule has 0 aliphatic carbocycles. The second-order valence-electron chi connectivity index (χ2n) is 20.2. The fourth-order valence-electron chi connectivity index (χ4n) is 8.28. The number of hydrogen-bond donors (Lipinski definition) is 20. The Morgan fingerprint density at radius 3 is 1.61 bits per heavy atom. The number of guanidine groups is 1. The van der Waals surface area contributed by atoms with E-state index in [4.69, 9.17) is 33.8 Å². The molecule has 24 N–H and O–H groups in total. The number of nitrogens with zero attached hydrogens (tertiary/aromatic N) is 2. The summed E-state index contributed by atoms with van der Waals surface area (Å²) in [7, 11) is 0. The number of aliphatic hydroxyl groups excluding tert-OH is 1. The van der Waals surface area contributed by atoms with Gasteiger partial charge in [-0.1, -0.05) is 42.5 Å². The minimum Gasteiger partial charge on any atom is -0.508 e. The van der Waals surface area contributed by atoms with Gasteiger partial charge in [0.2, 0.25) is 59.1 Å². The molecule has 0 unspecified atom stereocenters. The summed E-state index contributed by atoms with van der Waals surface area (Å²) in [5.74, 6) is -13.6. The molecule has 0 saturated heterocycles. The number of aromatic nitrogens is 2. The van der Waals surface area contributed by atoms with E-state index in [0.29, 0.717) is 23.2 Å². The third-order valence-corrected chi connectivity index (χ3v) is 13.5. The molecule has 1 aromatic heterocycles. The topological polar surface area (TPSA) is 565 Å². The van der Waals surface area contributed by atoms with Gasteiger partial charge >= 0.3 is 11.9 Å². The summed E-state index contributed by atoms with van der Waals surface area (Å²) >= 11 is 4.29. The minimum absolute atomic E-state index is 0.0349. The molecule has 0 saturated carbocycles. The number of imidazole rings is 1. The highest BCUT2D eigenvalue weighted by atomic mass is 32.1. The number of carboxylic acids is 2. The lowest BCUT2D eigenvalue weighted by molar-refractivity contribution is -0.142. The summed E-state index contributed by atoms with van der Waals surface area (Å²) in [6.45, 7) is 0.306. The minimum atomic E-state index is -1.86. The molecular formula is C54H79N17O16S. The van der Waals surface area contributed by atoms with Gasteiger partial charge in [-0.15, -0.1) is 0 Å². The van der Waals surface area contributed by atoms with Crippen LogP contribution >= 0.6 is 12.6 Å². The number of carboxylic acid groups (broad SMARTS) is 2. The van der Waals surface area contributed by atoms with Crippen LogP contribution in [0, 0.1) is 0 Å². The number of rotatable bonds is 40. The molecule has 0 aliphatic heterocycles. The van der Waals surface area contributed by atoms with Crippen molar-refractivity contribution in [3.8, 4) is 5.75 Å². The Kier molecular flexibility index (Phi) is 31.4. The molecule has 0 fully saturated rings. The first kappa shape index (κ1) is 72.8. The summed E-state index contributed by atoms with van der Waals surface area (Å²) in [5, 5.41) is 60.4. The van der Waals surface area contributed by atoms with Crippen LogP contribution in [0.3, 0.4) is 0 Å². The number of unbranched alkanes of at least 4 members (excludes halogenated alkanes) is 1. The van der Waals surface area contributed by atoms with Gasteiger partial charge in [-0.3, -0.25) is 57.7 Å². The lowest BCUT2D eigenvalue weighted by atomic mass is 10.0. The number of amides is 10. The Bertz CT molecular complexity index is 2870. The number of phenols is 1. The number of nitrogens with two attached hydrogens (primary N) is 5. The maximum atomic E-state index is 14.3. The molecule has 482 valence electrons. The number of aromatic amines is 1. The Balaban J connectivity index is 1.88. The molecule has 33 nitrogen and oxygen atoms in total. The maximum Gasteiger partial charge on any atom is 0.326 e. The van der Waals surface area contributed by atoms with E-state index in [2.05, 4.69) is 75.4 Å². The summed E-state index contributed by atoms with van der Waals surface area (Å²) < 4.78 is 0. The fourth-order valence-corrected chi connectivity index (χ4v) is 8.54. The molecule has 0 spiro atoms. The number of phenolic OH excluding ortho intramolecular Hbond substituents is 1. The zero-order valence-corrected chi connectivity index (χ0v) is 49.0. The molecule has 10 amide bonds. The van der Waals surface area contributed by atoms with Crippen LogP contribution in [0.5, 0.6) is 5.75 Å². The van der Waals surface area contributed by atoms with Crippen LogP contribution < -0.4 is 76.5 Å². The number of thiol groups is 1. The number of carbonyl (C=O) groups is 12. The number of carbonyl (C=O) groups excluding carboxylic acids is 10. The van der Waals surface area contributed by atoms with Crippen molar-refractivity contribution in [1.82, 2.24) is 57.8 Å². The molecule has 0 aliphatic rings. The van der Waals surface area contributed by atoms with E-state index >= 15 is 0 Å². The SMILES string of the molecule is C[C@H](NC(=O)[C@@H](N)CCC(=O)O)C(=O)N[C@@H](Cc1ccccc1)C(=O)N[C@@H](Cc1cnc[nH]1)C(=O)N[C@@H](CS)C(=O)N[C@@H](CCCN=C(N)N)C(=O)N[C@@H](CCCCN)C(=O)N[C@@H](CC(N)=O)C(=O)N[C@@H](CO)C(=O)N[C@@H](Cc1ccc(O)cc1)C(=O)O. The molecule has 2 aromatic carbocycles. The molecule has 1 heterocycles. The molecule has 10 atom stereocenters. The van der Waals surface area contributed by atoms with Gasteiger partial charge in [0, 0.05) is 49.9 Å². The first-order valence-corrected chi connectivity index (χ1v) is 28.4. The number of aliphatic carboxylic acids is 2. The van der Waals surface area contributed by atoms with Crippen molar-refractivity contribution >= 4 is 89.6 Å². The van der Waals surface area contributed by atoms with Crippen LogP contribution in [0.4, 0.5) is 0 Å². The highest BCUT2D eigenvalue weighted by molar-refractivity contribution is 7.80. The van der Waals surface area contributed by atoms with Crippen LogP contribution in [0.1, 0.15) is 75.1 Å². The van der Waals surface area contributed by atoms with E-state index in [1.165, 1.54) is 43.7 Å². The van der Waals surface area contributed by atoms with Crippen LogP contribution in [-0.2, 0) is 76.8 Å². The molecule has 3 aromatic rings. The highest BCUT2D eigenvalue weighted by Crippen LogP contribution is 2.13. The monoisotopic (exact) mass is 1250 g/mol. The molecule has 0 bridgehead atoms. The third kappa shape index (κ3) is 26.5. The van der Waals surface area contributed by atoms with Crippen molar-refractivity contribution < 1.29 is 78.0 Å². The van der Waals surface area contributed by atoms with Gasteiger partial charge in [-0.05, 0) is 75.3 Å². The Labute approximate surface area is 510 Å². The lowest BCUT2D eigenvalue weighted by Gasteiger charge is -2.28. The van der Waals surface area contributed by atoms with Crippen LogP contribution in [-0.4, -0.2) is 193 Å². The third-order valence-electron chi connectivity index (χ3n) is 13.1. The fraction of sp³-hybridized carbons (Fsp3) is 0.481. The molecule has 88 heavy (non-hydrogen) atoms. The molecule has 0 radical (unpaired) electrons. The number of hydrogen-bond acceptors (Lipinski definition) is 19. The number of aromatic hydroxyl groups is 1. The average Bonchev–Trinajstić information content (AvgIpc) is 4.08. The first-order chi connectivity index (χ1) is 41.7. The van der Waals surface area contributed by atoms with Gasteiger partial charge < -0.3 is 102 Å². The second-order valence-corrected chi connectivity index (χ2v) is 20.6. The Morgan fingerprint density at radius 1 is 0.580 bits per heavy atom. The summed E-state index contributed by atoms with van der Waals surface area (Å²) in [6, 6.07) is -1.52. The number of primary amides is 1. The lowest BCUT2D eigenvalue weighted by Crippen LogP contribution is -2.61. The van der Waals surface area contributed by atoms with Crippen molar-refractivity contribution in [2.75, 3.05) is 25.4 Å². The van der Waals surface area contributed by atoms with Gasteiger partial charge in [0.1, 0.15) is 60.1 Å². The van der Waals surface area contributed by atoms with Gasteiger partial charge in [0.15, 0.2) is 5.96 Å². The van der Waals surface area contributed by atoms with E-state index in [1.54, 1.807) is 30.3 Å². The Hall–Kier alpha value is -9.41. The standard InChI is InChI=1S/C54H79N17O16S/c1-28(63-45(78)33(56)16-17-43(75)76)44(77)66-36(20-29-8-3-2-4-9-29)48(81)67-37(22-31-24-60-27-62-31)49(82)71-41(26-88)52(85)65-35(11-7-19-61-54(58)59)46(79)64-34(10-5-6-18-55)47(80)68-38(23-42(57)74)50(83)70-40(25-72)51(84)69-39(53(86)87)21-30-12-14-32(73)15-13-30/h2-4,8-9,12-15,24,27-28,33-41,72-73,88H,5-7,10-11,16-23,25-26,55-56H2,1H3,(H2,57,74)(H,60,62)(H,63,78)(H,64,79)(H,65,85)(H,66,77)(H,67,81)(H,68,80)(H,69,84)(H,70,83)(H,71,82)(H,75,76)(H,86,87)(H4,58,59,61)/t28-,33-,34-,35-,36-,37-,38-,39-,40-,41-/m0/s1. The zero-order chi connectivity index (χ0) is 65.5. The van der Waals surface area contributed by atoms with Crippen molar-refractivity contribution in [3.05, 3.63) is 83.9 Å². The van der Waals surface area contributed by atoms with Crippen molar-refractivity contribution in [3.63, 3.8) is 0 Å². The van der Waals surface area contributed by atoms with E-state index in [0.717, 1.165) is 0 Å². The molecule has 34 heteroatoms. The predicted molar refractivity (Wildman–Crippen MR) is 317 cm³/mol. The molecule has 3 rings (SSSR count). The quantitative estimate of drug-likeness (QED) is 0.0109. The summed E-state index contributed by atoms with van der Waals surface area (Å²) in [5.41, 5.74) is 29.3. The average molecular weight is 1250 g/mol. The van der Waals surface area contributed by atoms with E-state index in [-0.39, 0.29) is 76.2 Å². The van der Waals surface area contributed by atoms with Gasteiger partial charge in [-0.25, -0.2) is 9.78 Å². The number of aliphatic imine (C=N–C) groups is 1. The predicted octanol–water partition coefficient (Wildman–Crippen LogP) is -6.22. The summed E-state index contributed by atoms with van der Waals surface area (Å²) in [4.78, 5) is 171. The molecular weight excluding hydrogens is 1170 g/mol. The number of nitrogens with one attached hydrogen (secondary N) is 10. The largest absolute Gasteiger partial charge is 0.508 e.